The Bertz CT molecular complexity index is 1140. The maximum absolute atomic E-state index is 6.36. The fourth-order valence-electron chi connectivity index (χ4n) is 5.02. The molecule has 0 amide bonds. The number of benzene rings is 1. The second-order valence-electron chi connectivity index (χ2n) is 11.1. The lowest BCUT2D eigenvalue weighted by Crippen LogP contribution is -2.38. The number of epoxide rings is 1. The molecule has 6 heteroatoms. The van der Waals surface area contributed by atoms with E-state index in [2.05, 4.69) is 47.6 Å². The summed E-state index contributed by atoms with van der Waals surface area (Å²) in [7, 11) is 0. The van der Waals surface area contributed by atoms with Crippen molar-refractivity contribution in [2.45, 2.75) is 103 Å². The third-order valence-electron chi connectivity index (χ3n) is 7.35. The van der Waals surface area contributed by atoms with E-state index >= 15 is 0 Å². The molecule has 1 spiro atoms. The largest absolute Gasteiger partial charge is 0.488 e. The number of furan rings is 1. The SMILES string of the molecule is CCCCC1OC2(C=Cc3c(cc4occc4c3OC/C=C(\C)CCC3OC3(C)C)O2)OC1(C)C. The second kappa shape index (κ2) is 8.99. The highest BCUT2D eigenvalue weighted by Gasteiger charge is 2.54. The number of hydrogen-bond acceptors (Lipinski definition) is 6. The lowest BCUT2D eigenvalue weighted by Gasteiger charge is -2.30. The molecule has 2 saturated heterocycles. The Morgan fingerprint density at radius 1 is 1.09 bits per heavy atom. The van der Waals surface area contributed by atoms with Crippen molar-refractivity contribution in [3.05, 3.63) is 41.7 Å². The minimum atomic E-state index is -1.23. The van der Waals surface area contributed by atoms with E-state index < -0.39 is 11.6 Å². The Morgan fingerprint density at radius 3 is 2.60 bits per heavy atom. The van der Waals surface area contributed by atoms with Gasteiger partial charge in [0, 0.05) is 12.1 Å². The van der Waals surface area contributed by atoms with Crippen LogP contribution >= 0.6 is 0 Å². The van der Waals surface area contributed by atoms with Gasteiger partial charge < -0.3 is 28.1 Å². The first-order valence-electron chi connectivity index (χ1n) is 12.9. The van der Waals surface area contributed by atoms with Gasteiger partial charge in [0.25, 0.3) is 0 Å². The maximum atomic E-state index is 6.36. The van der Waals surface area contributed by atoms with Gasteiger partial charge in [0.1, 0.15) is 23.7 Å². The van der Waals surface area contributed by atoms with Crippen molar-refractivity contribution in [3.63, 3.8) is 0 Å². The summed E-state index contributed by atoms with van der Waals surface area (Å²) in [5, 5.41) is 0.918. The minimum absolute atomic E-state index is 0.0362. The topological polar surface area (TPSA) is 62.6 Å². The van der Waals surface area contributed by atoms with E-state index in [-0.39, 0.29) is 11.7 Å². The molecule has 3 aliphatic heterocycles. The lowest BCUT2D eigenvalue weighted by molar-refractivity contribution is -0.270. The van der Waals surface area contributed by atoms with Crippen LogP contribution in [0.2, 0.25) is 0 Å². The Kier molecular flexibility index (Phi) is 6.27. The van der Waals surface area contributed by atoms with Crippen LogP contribution < -0.4 is 9.47 Å². The van der Waals surface area contributed by atoms with Crippen LogP contribution in [0, 0.1) is 0 Å². The molecule has 4 heterocycles. The molecule has 0 N–H and O–H groups in total. The van der Waals surface area contributed by atoms with E-state index in [1.54, 1.807) is 6.26 Å². The molecule has 3 aliphatic rings. The highest BCUT2D eigenvalue weighted by Crippen LogP contribution is 2.48. The summed E-state index contributed by atoms with van der Waals surface area (Å²) < 4.78 is 36.8. The average molecular weight is 483 g/mol. The van der Waals surface area contributed by atoms with E-state index in [9.17, 15) is 0 Å². The summed E-state index contributed by atoms with van der Waals surface area (Å²) in [6.45, 7) is 13.2. The quantitative estimate of drug-likeness (QED) is 0.279. The van der Waals surface area contributed by atoms with Crippen molar-refractivity contribution in [2.75, 3.05) is 6.61 Å². The van der Waals surface area contributed by atoms with Crippen LogP contribution in [0.5, 0.6) is 11.5 Å². The minimum Gasteiger partial charge on any atom is -0.488 e. The van der Waals surface area contributed by atoms with Gasteiger partial charge >= 0.3 is 5.97 Å². The molecule has 1 aromatic carbocycles. The van der Waals surface area contributed by atoms with Gasteiger partial charge in [-0.25, -0.2) is 0 Å². The fourth-order valence-corrected chi connectivity index (χ4v) is 5.02. The number of fused-ring (bicyclic) bond motifs is 2. The molecule has 1 aromatic heterocycles. The van der Waals surface area contributed by atoms with Crippen LogP contribution in [0.25, 0.3) is 17.0 Å². The zero-order chi connectivity index (χ0) is 24.8. The molecule has 35 heavy (non-hydrogen) atoms. The van der Waals surface area contributed by atoms with Gasteiger partial charge in [0.05, 0.1) is 40.6 Å². The van der Waals surface area contributed by atoms with E-state index in [0.717, 1.165) is 48.8 Å². The molecule has 2 fully saturated rings. The van der Waals surface area contributed by atoms with Gasteiger partial charge in [0.15, 0.2) is 0 Å². The molecule has 0 radical (unpaired) electrons. The Labute approximate surface area is 208 Å². The normalized spacial score (nSPS) is 28.3. The predicted molar refractivity (Wildman–Crippen MR) is 136 cm³/mol. The summed E-state index contributed by atoms with van der Waals surface area (Å²) in [6.07, 6.45) is 13.1. The highest BCUT2D eigenvalue weighted by atomic mass is 16.9. The first-order chi connectivity index (χ1) is 16.6. The standard InChI is InChI=1S/C29H38O6/c1-7-8-9-24-28(5,6)35-29(34-24)15-12-20-23(32-29)18-22-21(14-17-30-22)26(20)31-16-13-19(2)10-11-25-27(3,4)33-25/h12-15,17-18,24-25H,7-11,16H2,1-6H3/b19-13+. The van der Waals surface area contributed by atoms with Crippen molar-refractivity contribution in [2.24, 2.45) is 0 Å². The zero-order valence-corrected chi connectivity index (χ0v) is 21.8. The van der Waals surface area contributed by atoms with Crippen molar-refractivity contribution in [1.82, 2.24) is 0 Å². The van der Waals surface area contributed by atoms with E-state index in [1.165, 1.54) is 5.57 Å². The predicted octanol–water partition coefficient (Wildman–Crippen LogP) is 7.16. The van der Waals surface area contributed by atoms with E-state index in [4.69, 9.17) is 28.1 Å². The van der Waals surface area contributed by atoms with Crippen molar-refractivity contribution in [3.8, 4) is 11.5 Å². The average Bonchev–Trinajstić information content (AvgIpc) is 3.08. The van der Waals surface area contributed by atoms with Crippen LogP contribution in [0.1, 0.15) is 79.2 Å². The summed E-state index contributed by atoms with van der Waals surface area (Å²) in [5.41, 5.74) is 2.45. The fraction of sp³-hybridized carbons (Fsp3) is 0.586. The van der Waals surface area contributed by atoms with Crippen LogP contribution in [-0.4, -0.2) is 36.0 Å². The number of ether oxygens (including phenoxy) is 5. The van der Waals surface area contributed by atoms with Crippen LogP contribution in [0.4, 0.5) is 0 Å². The monoisotopic (exact) mass is 482 g/mol. The van der Waals surface area contributed by atoms with Crippen molar-refractivity contribution >= 4 is 17.0 Å². The molecule has 3 unspecified atom stereocenters. The maximum Gasteiger partial charge on any atom is 0.350 e. The van der Waals surface area contributed by atoms with Crippen molar-refractivity contribution in [1.29, 1.82) is 0 Å². The smallest absolute Gasteiger partial charge is 0.350 e. The molecule has 6 nitrogen and oxygen atoms in total. The third kappa shape index (κ3) is 4.89. The molecule has 3 atom stereocenters. The molecule has 190 valence electrons. The van der Waals surface area contributed by atoms with Gasteiger partial charge in [0.2, 0.25) is 0 Å². The Hall–Kier alpha value is -2.28. The number of unbranched alkanes of at least 4 members (excludes halogenated alkanes) is 1. The molecule has 0 aliphatic carbocycles. The summed E-state index contributed by atoms with van der Waals surface area (Å²) >= 11 is 0. The second-order valence-corrected chi connectivity index (χ2v) is 11.1. The van der Waals surface area contributed by atoms with Gasteiger partial charge in [-0.15, -0.1) is 0 Å². The number of hydrogen-bond donors (Lipinski definition) is 0. The molecule has 0 saturated carbocycles. The first kappa shape index (κ1) is 24.4. The van der Waals surface area contributed by atoms with Gasteiger partial charge in [-0.1, -0.05) is 25.3 Å². The van der Waals surface area contributed by atoms with E-state index in [1.807, 2.05) is 24.3 Å². The Balaban J connectivity index is 1.33. The molecular formula is C29H38O6. The van der Waals surface area contributed by atoms with Crippen LogP contribution in [-0.2, 0) is 14.2 Å². The summed E-state index contributed by atoms with van der Waals surface area (Å²) in [6, 6.07) is 3.82. The number of rotatable bonds is 9. The van der Waals surface area contributed by atoms with Gasteiger partial charge in [-0.3, -0.25) is 0 Å². The Morgan fingerprint density at radius 2 is 1.86 bits per heavy atom. The first-order valence-corrected chi connectivity index (χ1v) is 12.9. The van der Waals surface area contributed by atoms with Crippen molar-refractivity contribution < 1.29 is 28.1 Å². The van der Waals surface area contributed by atoms with Crippen LogP contribution in [0.15, 0.2) is 40.5 Å². The summed E-state index contributed by atoms with van der Waals surface area (Å²) in [4.78, 5) is 0. The summed E-state index contributed by atoms with van der Waals surface area (Å²) in [5.74, 6) is 0.139. The van der Waals surface area contributed by atoms with Gasteiger partial charge in [-0.2, -0.15) is 0 Å². The lowest BCUT2D eigenvalue weighted by atomic mass is 9.97. The third-order valence-corrected chi connectivity index (χ3v) is 7.35. The molecular weight excluding hydrogens is 444 g/mol. The molecule has 2 aromatic rings. The highest BCUT2D eigenvalue weighted by molar-refractivity contribution is 5.91. The zero-order valence-electron chi connectivity index (χ0n) is 21.8. The number of allylic oxidation sites excluding steroid dienone is 1. The molecule has 0 bridgehead atoms. The van der Waals surface area contributed by atoms with Crippen LogP contribution in [0.3, 0.4) is 0 Å². The van der Waals surface area contributed by atoms with Gasteiger partial charge in [-0.05, 0) is 72.1 Å². The van der Waals surface area contributed by atoms with E-state index in [0.29, 0.717) is 24.0 Å². The molecule has 5 rings (SSSR count).